The van der Waals surface area contributed by atoms with Crippen LogP contribution in [-0.4, -0.2) is 39.8 Å². The van der Waals surface area contributed by atoms with E-state index in [1.165, 1.54) is 11.3 Å². The summed E-state index contributed by atoms with van der Waals surface area (Å²) < 4.78 is 1.92. The highest BCUT2D eigenvalue weighted by atomic mass is 32.1. The topological polar surface area (TPSA) is 71.8 Å². The van der Waals surface area contributed by atoms with Crippen molar-refractivity contribution in [1.29, 1.82) is 0 Å². The Kier molecular flexibility index (Phi) is 4.54. The first-order valence-corrected chi connectivity index (χ1v) is 8.43. The predicted octanol–water partition coefficient (Wildman–Crippen LogP) is 1.75. The van der Waals surface area contributed by atoms with E-state index in [4.69, 9.17) is 0 Å². The molecule has 1 aliphatic rings. The van der Waals surface area contributed by atoms with Gasteiger partial charge in [-0.1, -0.05) is 13.8 Å². The van der Waals surface area contributed by atoms with E-state index in [-0.39, 0.29) is 11.9 Å². The molecule has 1 atom stereocenters. The summed E-state index contributed by atoms with van der Waals surface area (Å²) in [5.41, 5.74) is 0.965. The number of hydrogen-bond acceptors (Lipinski definition) is 5. The van der Waals surface area contributed by atoms with Crippen LogP contribution in [0.5, 0.6) is 0 Å². The van der Waals surface area contributed by atoms with Gasteiger partial charge in [-0.15, -0.1) is 11.3 Å². The molecule has 0 unspecified atom stereocenters. The van der Waals surface area contributed by atoms with Gasteiger partial charge in [0.15, 0.2) is 0 Å². The molecule has 1 aliphatic heterocycles. The highest BCUT2D eigenvalue weighted by Gasteiger charge is 2.19. The van der Waals surface area contributed by atoms with E-state index < -0.39 is 0 Å². The number of carbonyl (C=O) groups is 1. The van der Waals surface area contributed by atoms with Crippen LogP contribution in [0, 0.1) is 5.92 Å². The lowest BCUT2D eigenvalue weighted by Gasteiger charge is -2.09. The van der Waals surface area contributed by atoms with Gasteiger partial charge in [-0.2, -0.15) is 5.10 Å². The Morgan fingerprint density at radius 2 is 2.41 bits per heavy atom. The Bertz CT molecular complexity index is 642. The Balaban J connectivity index is 1.67. The van der Waals surface area contributed by atoms with Gasteiger partial charge < -0.3 is 10.6 Å². The smallest absolute Gasteiger partial charge is 0.263 e. The van der Waals surface area contributed by atoms with Crippen molar-refractivity contribution < 1.29 is 4.79 Å². The first-order valence-electron chi connectivity index (χ1n) is 7.62. The van der Waals surface area contributed by atoms with Crippen LogP contribution in [0.1, 0.15) is 29.9 Å². The third-order valence-electron chi connectivity index (χ3n) is 3.56. The zero-order valence-corrected chi connectivity index (χ0v) is 13.7. The molecule has 118 valence electrons. The molecular weight excluding hydrogens is 298 g/mol. The molecule has 7 heteroatoms. The summed E-state index contributed by atoms with van der Waals surface area (Å²) >= 11 is 1.41. The van der Waals surface area contributed by atoms with Gasteiger partial charge in [-0.3, -0.25) is 9.48 Å². The monoisotopic (exact) mass is 319 g/mol. The van der Waals surface area contributed by atoms with Crippen molar-refractivity contribution in [3.8, 4) is 10.6 Å². The van der Waals surface area contributed by atoms with Crippen LogP contribution >= 0.6 is 11.3 Å². The molecule has 2 aromatic heterocycles. The second-order valence-corrected chi connectivity index (χ2v) is 7.07. The molecule has 0 spiro atoms. The summed E-state index contributed by atoms with van der Waals surface area (Å²) in [6.45, 7) is 7.01. The van der Waals surface area contributed by atoms with Crippen molar-refractivity contribution in [1.82, 2.24) is 25.4 Å². The number of carbonyl (C=O) groups excluding carboxylic acids is 1. The van der Waals surface area contributed by atoms with Gasteiger partial charge in [0.1, 0.15) is 9.88 Å². The molecule has 0 radical (unpaired) electrons. The molecule has 2 N–H and O–H groups in total. The van der Waals surface area contributed by atoms with Crippen molar-refractivity contribution in [2.24, 2.45) is 5.92 Å². The van der Waals surface area contributed by atoms with Crippen LogP contribution in [0.25, 0.3) is 10.6 Å². The Morgan fingerprint density at radius 3 is 3.14 bits per heavy atom. The number of aromatic nitrogens is 3. The largest absolute Gasteiger partial charge is 0.347 e. The Morgan fingerprint density at radius 1 is 1.55 bits per heavy atom. The molecule has 3 rings (SSSR count). The van der Waals surface area contributed by atoms with Crippen LogP contribution in [0.2, 0.25) is 0 Å². The number of hydrogen-bond donors (Lipinski definition) is 2. The van der Waals surface area contributed by atoms with Gasteiger partial charge in [0, 0.05) is 30.9 Å². The molecule has 6 nitrogen and oxygen atoms in total. The SMILES string of the molecule is CC(C)Cn1cc(-c2ncc(C(=O)N[C@H]3CCNC3)s2)cn1. The maximum absolute atomic E-state index is 12.2. The van der Waals surface area contributed by atoms with Crippen LogP contribution in [0.4, 0.5) is 0 Å². The average Bonchev–Trinajstić information content (AvgIpc) is 3.18. The van der Waals surface area contributed by atoms with Crippen LogP contribution in [-0.2, 0) is 6.54 Å². The molecule has 2 aromatic rings. The zero-order valence-electron chi connectivity index (χ0n) is 12.9. The van der Waals surface area contributed by atoms with Crippen molar-refractivity contribution in [3.63, 3.8) is 0 Å². The number of nitrogens with one attached hydrogen (secondary N) is 2. The van der Waals surface area contributed by atoms with E-state index in [0.717, 1.165) is 36.6 Å². The fourth-order valence-electron chi connectivity index (χ4n) is 2.49. The molecule has 0 saturated carbocycles. The summed E-state index contributed by atoms with van der Waals surface area (Å²) in [5.74, 6) is 0.512. The van der Waals surface area contributed by atoms with Crippen LogP contribution < -0.4 is 10.6 Å². The van der Waals surface area contributed by atoms with E-state index in [0.29, 0.717) is 10.8 Å². The van der Waals surface area contributed by atoms with Gasteiger partial charge in [0.2, 0.25) is 0 Å². The Labute approximate surface area is 133 Å². The van der Waals surface area contributed by atoms with Gasteiger partial charge in [-0.25, -0.2) is 4.98 Å². The molecule has 1 saturated heterocycles. The predicted molar refractivity (Wildman–Crippen MR) is 86.9 cm³/mol. The van der Waals surface area contributed by atoms with Crippen molar-refractivity contribution in [2.75, 3.05) is 13.1 Å². The fourth-order valence-corrected chi connectivity index (χ4v) is 3.29. The Hall–Kier alpha value is -1.73. The van der Waals surface area contributed by atoms with Crippen molar-refractivity contribution >= 4 is 17.2 Å². The molecular formula is C15H21N5OS. The van der Waals surface area contributed by atoms with Gasteiger partial charge in [0.05, 0.1) is 12.4 Å². The normalized spacial score (nSPS) is 18.0. The lowest BCUT2D eigenvalue weighted by molar-refractivity contribution is 0.0944. The van der Waals surface area contributed by atoms with Crippen LogP contribution in [0.3, 0.4) is 0 Å². The van der Waals surface area contributed by atoms with Crippen molar-refractivity contribution in [3.05, 3.63) is 23.5 Å². The summed E-state index contributed by atoms with van der Waals surface area (Å²) in [7, 11) is 0. The average molecular weight is 319 g/mol. The third-order valence-corrected chi connectivity index (χ3v) is 4.60. The molecule has 3 heterocycles. The summed E-state index contributed by atoms with van der Waals surface area (Å²) in [4.78, 5) is 17.2. The zero-order chi connectivity index (χ0) is 15.5. The summed E-state index contributed by atoms with van der Waals surface area (Å²) in [6.07, 6.45) is 6.43. The second kappa shape index (κ2) is 6.58. The number of rotatable bonds is 5. The van der Waals surface area contributed by atoms with Gasteiger partial charge in [0.25, 0.3) is 5.91 Å². The van der Waals surface area contributed by atoms with E-state index in [9.17, 15) is 4.79 Å². The molecule has 0 aliphatic carbocycles. The maximum Gasteiger partial charge on any atom is 0.263 e. The molecule has 0 bridgehead atoms. The molecule has 1 amide bonds. The minimum atomic E-state index is -0.0352. The third kappa shape index (κ3) is 3.53. The molecule has 22 heavy (non-hydrogen) atoms. The second-order valence-electron chi connectivity index (χ2n) is 6.04. The van der Waals surface area contributed by atoms with Crippen molar-refractivity contribution in [2.45, 2.75) is 32.9 Å². The molecule has 0 aromatic carbocycles. The molecule has 1 fully saturated rings. The first-order chi connectivity index (χ1) is 10.6. The quantitative estimate of drug-likeness (QED) is 0.881. The van der Waals surface area contributed by atoms with E-state index >= 15 is 0 Å². The van der Waals surface area contributed by atoms with Gasteiger partial charge >= 0.3 is 0 Å². The lowest BCUT2D eigenvalue weighted by atomic mass is 10.2. The van der Waals surface area contributed by atoms with E-state index in [2.05, 4.69) is 34.6 Å². The summed E-state index contributed by atoms with van der Waals surface area (Å²) in [5, 5.41) is 11.5. The number of nitrogens with zero attached hydrogens (tertiary/aromatic N) is 3. The lowest BCUT2D eigenvalue weighted by Crippen LogP contribution is -2.35. The number of amides is 1. The minimum absolute atomic E-state index is 0.0352. The highest BCUT2D eigenvalue weighted by Crippen LogP contribution is 2.25. The van der Waals surface area contributed by atoms with Crippen LogP contribution in [0.15, 0.2) is 18.6 Å². The highest BCUT2D eigenvalue weighted by molar-refractivity contribution is 7.16. The number of thiazole rings is 1. The van der Waals surface area contributed by atoms with E-state index in [1.54, 1.807) is 6.20 Å². The maximum atomic E-state index is 12.2. The standard InChI is InChI=1S/C15H21N5OS/c1-10(2)8-20-9-11(5-18-20)15-17-7-13(22-15)14(21)19-12-3-4-16-6-12/h5,7,9-10,12,16H,3-4,6,8H2,1-2H3,(H,19,21)/t12-/m0/s1. The van der Waals surface area contributed by atoms with E-state index in [1.807, 2.05) is 17.1 Å². The fraction of sp³-hybridized carbons (Fsp3) is 0.533. The first kappa shape index (κ1) is 15.2. The minimum Gasteiger partial charge on any atom is -0.347 e. The van der Waals surface area contributed by atoms with Gasteiger partial charge in [-0.05, 0) is 18.9 Å². The summed E-state index contributed by atoms with van der Waals surface area (Å²) in [6, 6.07) is 0.229.